The van der Waals surface area contributed by atoms with Gasteiger partial charge in [0.1, 0.15) is 17.8 Å². The maximum Gasteiger partial charge on any atom is 0.573 e. The zero-order valence-corrected chi connectivity index (χ0v) is 20.2. The van der Waals surface area contributed by atoms with Crippen molar-refractivity contribution < 1.29 is 32.5 Å². The van der Waals surface area contributed by atoms with Gasteiger partial charge in [-0.15, -0.1) is 18.3 Å². The van der Waals surface area contributed by atoms with Crippen molar-refractivity contribution in [2.24, 2.45) is 0 Å². The number of rotatable bonds is 8. The average Bonchev–Trinajstić information content (AvgIpc) is 3.35. The lowest BCUT2D eigenvalue weighted by Crippen LogP contribution is -2.17. The summed E-state index contributed by atoms with van der Waals surface area (Å²) in [7, 11) is 1.56. The van der Waals surface area contributed by atoms with Crippen LogP contribution in [0, 0.1) is 6.92 Å². The second kappa shape index (κ2) is 10.9. The molecule has 12 heteroatoms. The number of halogens is 3. The van der Waals surface area contributed by atoms with Crippen molar-refractivity contribution in [3.05, 3.63) is 90.6 Å². The summed E-state index contributed by atoms with van der Waals surface area (Å²) in [6.45, 7) is 1.83. The summed E-state index contributed by atoms with van der Waals surface area (Å²) in [6.07, 6.45) is -2.32. The predicted molar refractivity (Wildman–Crippen MR) is 134 cm³/mol. The number of aliphatic hydroxyl groups is 1. The topological polar surface area (TPSA) is 111 Å². The maximum atomic E-state index is 12.3. The molecule has 1 aromatic heterocycles. The summed E-state index contributed by atoms with van der Waals surface area (Å²) in [4.78, 5) is 16.5. The van der Waals surface area contributed by atoms with Crippen LogP contribution in [0.3, 0.4) is 0 Å². The molecule has 3 aromatic carbocycles. The van der Waals surface area contributed by atoms with Gasteiger partial charge in [-0.05, 0) is 79.2 Å². The minimum absolute atomic E-state index is 0.333. The molecular formula is C26H22F3N5O4. The van der Waals surface area contributed by atoms with Gasteiger partial charge < -0.3 is 25.2 Å². The highest BCUT2D eigenvalue weighted by Crippen LogP contribution is 2.25. The Morgan fingerprint density at radius 1 is 1.00 bits per heavy atom. The number of amides is 1. The number of anilines is 2. The van der Waals surface area contributed by atoms with Crippen molar-refractivity contribution >= 4 is 17.3 Å². The third-order valence-electron chi connectivity index (χ3n) is 5.20. The molecule has 0 saturated carbocycles. The van der Waals surface area contributed by atoms with Gasteiger partial charge in [0.15, 0.2) is 11.7 Å². The molecule has 0 aliphatic carbocycles. The molecule has 1 amide bonds. The van der Waals surface area contributed by atoms with Crippen molar-refractivity contribution in [2.75, 3.05) is 17.7 Å². The van der Waals surface area contributed by atoms with Crippen LogP contribution in [-0.2, 0) is 4.79 Å². The Hall–Kier alpha value is -5.00. The van der Waals surface area contributed by atoms with E-state index in [4.69, 9.17) is 4.74 Å². The maximum absolute atomic E-state index is 12.3. The molecule has 4 rings (SSSR count). The smallest absolute Gasteiger partial charge is 0.497 e. The molecule has 196 valence electrons. The number of carbonyl (C=O) groups is 1. The zero-order chi connectivity index (χ0) is 27.3. The number of aryl methyl sites for hydroxylation is 1. The largest absolute Gasteiger partial charge is 0.573 e. The van der Waals surface area contributed by atoms with Gasteiger partial charge in [-0.3, -0.25) is 4.79 Å². The Balaban J connectivity index is 1.37. The van der Waals surface area contributed by atoms with Crippen LogP contribution >= 0.6 is 0 Å². The van der Waals surface area contributed by atoms with E-state index in [9.17, 15) is 23.1 Å². The standard InChI is InChI=1S/C26H22F3N5O4/c1-16-13-21(37-2)11-12-22(16)32-24(36)14-23(35)31-18-5-3-17(4-6-18)25-30-15-34(33-25)19-7-9-20(10-8-19)38-26(27,28)29/h3-15,32,36H,1-2H3,(H,31,35)/b24-14-. The molecule has 3 N–H and O–H groups in total. The lowest BCUT2D eigenvalue weighted by molar-refractivity contribution is -0.274. The van der Waals surface area contributed by atoms with Crippen molar-refractivity contribution in [2.45, 2.75) is 13.3 Å². The number of aliphatic hydroxyl groups excluding tert-OH is 1. The fourth-order valence-electron chi connectivity index (χ4n) is 3.40. The zero-order valence-electron chi connectivity index (χ0n) is 20.2. The fourth-order valence-corrected chi connectivity index (χ4v) is 3.40. The monoisotopic (exact) mass is 525 g/mol. The number of alkyl halides is 3. The van der Waals surface area contributed by atoms with Crippen LogP contribution in [0.1, 0.15) is 5.56 Å². The first-order valence-electron chi connectivity index (χ1n) is 11.1. The van der Waals surface area contributed by atoms with Crippen molar-refractivity contribution in [1.82, 2.24) is 14.8 Å². The van der Waals surface area contributed by atoms with E-state index in [-0.39, 0.29) is 11.6 Å². The first-order chi connectivity index (χ1) is 18.1. The van der Waals surface area contributed by atoms with Crippen LogP contribution in [0.5, 0.6) is 11.5 Å². The van der Waals surface area contributed by atoms with Crippen molar-refractivity contribution in [3.8, 4) is 28.6 Å². The molecule has 0 aliphatic heterocycles. The Labute approximate surface area is 215 Å². The van der Waals surface area contributed by atoms with Crippen LogP contribution in [0.4, 0.5) is 24.5 Å². The molecular weight excluding hydrogens is 503 g/mol. The SMILES string of the molecule is COc1ccc(N/C(O)=C/C(=O)Nc2ccc(-c3ncn(-c4ccc(OC(F)(F)F)cc4)n3)cc2)c(C)c1. The van der Waals surface area contributed by atoms with Crippen LogP contribution in [-0.4, -0.2) is 39.3 Å². The molecule has 0 spiro atoms. The summed E-state index contributed by atoms with van der Waals surface area (Å²) in [5.41, 5.74) is 3.06. The van der Waals surface area contributed by atoms with Gasteiger partial charge in [0.05, 0.1) is 18.9 Å². The number of aromatic nitrogens is 3. The van der Waals surface area contributed by atoms with Gasteiger partial charge in [0.25, 0.3) is 5.91 Å². The summed E-state index contributed by atoms with van der Waals surface area (Å²) in [5.74, 6) is -0.174. The Kier molecular flexibility index (Phi) is 7.51. The number of hydrogen-bond acceptors (Lipinski definition) is 7. The third-order valence-corrected chi connectivity index (χ3v) is 5.20. The second-order valence-corrected chi connectivity index (χ2v) is 7.96. The molecule has 0 unspecified atom stereocenters. The number of benzene rings is 3. The molecule has 0 radical (unpaired) electrons. The van der Waals surface area contributed by atoms with E-state index < -0.39 is 12.3 Å². The number of hydrogen-bond donors (Lipinski definition) is 3. The van der Waals surface area contributed by atoms with Gasteiger partial charge in [-0.25, -0.2) is 9.67 Å². The molecule has 9 nitrogen and oxygen atoms in total. The minimum Gasteiger partial charge on any atom is -0.497 e. The van der Waals surface area contributed by atoms with Gasteiger partial charge in [0, 0.05) is 16.9 Å². The molecule has 0 aliphatic rings. The van der Waals surface area contributed by atoms with Crippen molar-refractivity contribution in [1.29, 1.82) is 0 Å². The molecule has 0 atom stereocenters. The molecule has 1 heterocycles. The lowest BCUT2D eigenvalue weighted by Gasteiger charge is -2.10. The molecule has 4 aromatic rings. The number of ether oxygens (including phenoxy) is 2. The average molecular weight is 525 g/mol. The molecule has 38 heavy (non-hydrogen) atoms. The second-order valence-electron chi connectivity index (χ2n) is 7.96. The van der Waals surface area contributed by atoms with Gasteiger partial charge in [0.2, 0.25) is 0 Å². The van der Waals surface area contributed by atoms with E-state index in [0.29, 0.717) is 34.2 Å². The number of nitrogens with zero attached hydrogens (tertiary/aromatic N) is 3. The first-order valence-corrected chi connectivity index (χ1v) is 11.1. The first kappa shape index (κ1) is 26.1. The van der Waals surface area contributed by atoms with Gasteiger partial charge >= 0.3 is 6.36 Å². The summed E-state index contributed by atoms with van der Waals surface area (Å²) in [5, 5.41) is 19.9. The molecule has 0 bridgehead atoms. The van der Waals surface area contributed by atoms with Gasteiger partial charge in [-0.1, -0.05) is 0 Å². The normalized spacial score (nSPS) is 11.7. The van der Waals surface area contributed by atoms with Crippen LogP contribution in [0.15, 0.2) is 85.0 Å². The minimum atomic E-state index is -4.77. The third kappa shape index (κ3) is 6.81. The van der Waals surface area contributed by atoms with E-state index in [1.807, 2.05) is 6.92 Å². The number of carbonyl (C=O) groups excluding carboxylic acids is 1. The van der Waals surface area contributed by atoms with E-state index in [2.05, 4.69) is 25.5 Å². The van der Waals surface area contributed by atoms with Crippen molar-refractivity contribution in [3.63, 3.8) is 0 Å². The Morgan fingerprint density at radius 2 is 1.68 bits per heavy atom. The predicted octanol–water partition coefficient (Wildman–Crippen LogP) is 5.60. The van der Waals surface area contributed by atoms with Crippen LogP contribution < -0.4 is 20.1 Å². The molecule has 0 saturated heterocycles. The summed E-state index contributed by atoms with van der Waals surface area (Å²) >= 11 is 0. The summed E-state index contributed by atoms with van der Waals surface area (Å²) < 4.78 is 47.4. The molecule has 0 fully saturated rings. The van der Waals surface area contributed by atoms with Crippen LogP contribution in [0.2, 0.25) is 0 Å². The van der Waals surface area contributed by atoms with Crippen LogP contribution in [0.25, 0.3) is 17.1 Å². The lowest BCUT2D eigenvalue weighted by atomic mass is 10.2. The van der Waals surface area contributed by atoms with Gasteiger partial charge in [-0.2, -0.15) is 0 Å². The Morgan fingerprint density at radius 3 is 2.32 bits per heavy atom. The number of methoxy groups -OCH3 is 1. The number of nitrogens with one attached hydrogen (secondary N) is 2. The quantitative estimate of drug-likeness (QED) is 0.203. The highest BCUT2D eigenvalue weighted by molar-refractivity contribution is 5.99. The Bertz CT molecular complexity index is 1450. The highest BCUT2D eigenvalue weighted by atomic mass is 19.4. The highest BCUT2D eigenvalue weighted by Gasteiger charge is 2.31. The van der Waals surface area contributed by atoms with E-state index >= 15 is 0 Å². The van der Waals surface area contributed by atoms with E-state index in [0.717, 1.165) is 11.6 Å². The van der Waals surface area contributed by atoms with E-state index in [1.165, 1.54) is 35.3 Å². The fraction of sp³-hybridized carbons (Fsp3) is 0.115. The summed E-state index contributed by atoms with van der Waals surface area (Å²) in [6, 6.07) is 17.1. The van der Waals surface area contributed by atoms with E-state index in [1.54, 1.807) is 49.6 Å².